The number of allylic oxidation sites excluding steroid dienone is 1. The van der Waals surface area contributed by atoms with Crippen LogP contribution in [0.5, 0.6) is 11.5 Å². The lowest BCUT2D eigenvalue weighted by molar-refractivity contribution is -0.113. The van der Waals surface area contributed by atoms with E-state index in [9.17, 15) is 9.90 Å². The minimum atomic E-state index is -0.590. The molecule has 0 unspecified atom stereocenters. The van der Waals surface area contributed by atoms with Crippen molar-refractivity contribution in [3.63, 3.8) is 0 Å². The normalized spacial score (nSPS) is 15.0. The minimum absolute atomic E-state index is 0.128. The number of para-hydroxylation sites is 2. The molecule has 0 saturated heterocycles. The fourth-order valence-corrected chi connectivity index (χ4v) is 3.86. The van der Waals surface area contributed by atoms with Crippen molar-refractivity contribution in [1.82, 2.24) is 14.8 Å². The van der Waals surface area contributed by atoms with Crippen LogP contribution in [0.2, 0.25) is 0 Å². The Morgan fingerprint density at radius 3 is 2.67 bits per heavy atom. The van der Waals surface area contributed by atoms with Gasteiger partial charge in [-0.3, -0.25) is 4.79 Å². The molecule has 9 nitrogen and oxygen atoms in total. The summed E-state index contributed by atoms with van der Waals surface area (Å²) in [6.45, 7) is 1.81. The Labute approximate surface area is 189 Å². The molecule has 9 heteroatoms. The molecule has 0 saturated carbocycles. The van der Waals surface area contributed by atoms with E-state index in [0.717, 1.165) is 5.56 Å². The van der Waals surface area contributed by atoms with Crippen molar-refractivity contribution >= 4 is 17.5 Å². The number of phenols is 1. The van der Waals surface area contributed by atoms with Crippen LogP contribution in [0.4, 0.5) is 11.6 Å². The van der Waals surface area contributed by atoms with Gasteiger partial charge in [-0.25, -0.2) is 4.68 Å². The first kappa shape index (κ1) is 20.4. The predicted molar refractivity (Wildman–Crippen MR) is 122 cm³/mol. The van der Waals surface area contributed by atoms with Crippen molar-refractivity contribution < 1.29 is 19.1 Å². The topological polar surface area (TPSA) is 114 Å². The first-order valence-corrected chi connectivity index (χ1v) is 10.3. The fraction of sp³-hybridized carbons (Fsp3) is 0.125. The maximum atomic E-state index is 13.5. The number of benzene rings is 2. The number of methoxy groups -OCH3 is 1. The number of aromatic nitrogens is 3. The van der Waals surface area contributed by atoms with E-state index in [0.29, 0.717) is 40.2 Å². The molecule has 0 bridgehead atoms. The van der Waals surface area contributed by atoms with Crippen molar-refractivity contribution in [2.24, 2.45) is 0 Å². The van der Waals surface area contributed by atoms with Gasteiger partial charge in [-0.05, 0) is 48.9 Å². The summed E-state index contributed by atoms with van der Waals surface area (Å²) in [6.07, 6.45) is 1.55. The van der Waals surface area contributed by atoms with E-state index >= 15 is 0 Å². The van der Waals surface area contributed by atoms with E-state index < -0.39 is 6.04 Å². The van der Waals surface area contributed by atoms with Gasteiger partial charge in [0.15, 0.2) is 5.76 Å². The Morgan fingerprint density at radius 1 is 1.15 bits per heavy atom. The smallest absolute Gasteiger partial charge is 0.255 e. The van der Waals surface area contributed by atoms with E-state index in [2.05, 4.69) is 20.7 Å². The zero-order valence-corrected chi connectivity index (χ0v) is 17.9. The lowest BCUT2D eigenvalue weighted by Gasteiger charge is -2.28. The SMILES string of the molecule is COc1ccccc1NC(=O)C1=C(C)Nc2nc(-c3ccco3)nn2[C@H]1c1ccc(O)cc1. The number of anilines is 2. The van der Waals surface area contributed by atoms with Crippen LogP contribution in [0.1, 0.15) is 18.5 Å². The van der Waals surface area contributed by atoms with E-state index in [1.807, 2.05) is 19.1 Å². The molecule has 1 amide bonds. The lowest BCUT2D eigenvalue weighted by Crippen LogP contribution is -2.31. The van der Waals surface area contributed by atoms with Crippen LogP contribution in [-0.4, -0.2) is 32.9 Å². The van der Waals surface area contributed by atoms with Crippen LogP contribution in [0.3, 0.4) is 0 Å². The standard InChI is InChI=1S/C24H21N5O4/c1-14-20(23(31)26-17-6-3-4-7-18(17)32-2)21(15-9-11-16(30)12-10-15)29-24(25-14)27-22(28-29)19-8-5-13-33-19/h3-13,21,30H,1-2H3,(H,26,31)(H,25,27,28)/t21-/m0/s1. The molecular formula is C24H21N5O4. The number of hydrogen-bond acceptors (Lipinski definition) is 7. The van der Waals surface area contributed by atoms with Gasteiger partial charge in [0.05, 0.1) is 24.6 Å². The van der Waals surface area contributed by atoms with Crippen LogP contribution < -0.4 is 15.4 Å². The Balaban J connectivity index is 1.60. The van der Waals surface area contributed by atoms with Crippen molar-refractivity contribution in [2.75, 3.05) is 17.7 Å². The van der Waals surface area contributed by atoms with Crippen molar-refractivity contribution in [2.45, 2.75) is 13.0 Å². The van der Waals surface area contributed by atoms with Crippen molar-refractivity contribution in [1.29, 1.82) is 0 Å². The Hall–Kier alpha value is -4.53. The minimum Gasteiger partial charge on any atom is -0.508 e. The number of nitrogens with zero attached hydrogens (tertiary/aromatic N) is 3. The maximum absolute atomic E-state index is 13.5. The average Bonchev–Trinajstić information content (AvgIpc) is 3.49. The zero-order chi connectivity index (χ0) is 22.9. The molecule has 2 aromatic heterocycles. The van der Waals surface area contributed by atoms with Crippen LogP contribution in [0.15, 0.2) is 82.6 Å². The molecule has 33 heavy (non-hydrogen) atoms. The molecule has 0 aliphatic carbocycles. The number of amides is 1. The van der Waals surface area contributed by atoms with Gasteiger partial charge in [-0.2, -0.15) is 4.98 Å². The fourth-order valence-electron chi connectivity index (χ4n) is 3.86. The first-order valence-electron chi connectivity index (χ1n) is 10.3. The van der Waals surface area contributed by atoms with Crippen molar-refractivity contribution in [3.05, 3.63) is 83.8 Å². The van der Waals surface area contributed by atoms with Crippen LogP contribution in [0.25, 0.3) is 11.6 Å². The van der Waals surface area contributed by atoms with Crippen molar-refractivity contribution in [3.8, 4) is 23.1 Å². The van der Waals surface area contributed by atoms with Gasteiger partial charge < -0.3 is 24.9 Å². The third-order valence-electron chi connectivity index (χ3n) is 5.40. The largest absolute Gasteiger partial charge is 0.508 e. The number of hydrogen-bond donors (Lipinski definition) is 3. The molecule has 0 spiro atoms. The molecule has 3 heterocycles. The summed E-state index contributed by atoms with van der Waals surface area (Å²) in [5.74, 6) is 1.75. The summed E-state index contributed by atoms with van der Waals surface area (Å²) in [5.41, 5.74) is 2.40. The molecule has 3 N–H and O–H groups in total. The van der Waals surface area contributed by atoms with E-state index in [1.165, 1.54) is 0 Å². The maximum Gasteiger partial charge on any atom is 0.255 e. The van der Waals surface area contributed by atoms with Crippen LogP contribution in [0, 0.1) is 0 Å². The highest BCUT2D eigenvalue weighted by atomic mass is 16.5. The number of rotatable bonds is 5. The molecule has 1 aliphatic heterocycles. The van der Waals surface area contributed by atoms with Gasteiger partial charge in [-0.1, -0.05) is 24.3 Å². The Kier molecular flexibility index (Phi) is 5.06. The summed E-state index contributed by atoms with van der Waals surface area (Å²) in [6, 6.07) is 16.8. The summed E-state index contributed by atoms with van der Waals surface area (Å²) in [5, 5.41) is 20.6. The first-order chi connectivity index (χ1) is 16.0. The van der Waals surface area contributed by atoms with Gasteiger partial charge >= 0.3 is 0 Å². The molecule has 0 radical (unpaired) electrons. The summed E-state index contributed by atoms with van der Waals surface area (Å²) in [4.78, 5) is 18.1. The second kappa shape index (κ2) is 8.19. The number of nitrogens with one attached hydrogen (secondary N) is 2. The highest BCUT2D eigenvalue weighted by molar-refractivity contribution is 6.06. The van der Waals surface area contributed by atoms with E-state index in [-0.39, 0.29) is 11.7 Å². The molecule has 5 rings (SSSR count). The number of ether oxygens (including phenoxy) is 1. The number of aromatic hydroxyl groups is 1. The average molecular weight is 443 g/mol. The quantitative estimate of drug-likeness (QED) is 0.424. The van der Waals surface area contributed by atoms with E-state index in [4.69, 9.17) is 9.15 Å². The van der Waals surface area contributed by atoms with Crippen LogP contribution in [-0.2, 0) is 4.79 Å². The molecule has 166 valence electrons. The number of furan rings is 1. The summed E-state index contributed by atoms with van der Waals surface area (Å²) >= 11 is 0. The van der Waals surface area contributed by atoms with Gasteiger partial charge in [0.2, 0.25) is 11.8 Å². The molecular weight excluding hydrogens is 422 g/mol. The number of phenolic OH excluding ortho intramolecular Hbond substituents is 1. The Bertz CT molecular complexity index is 1340. The summed E-state index contributed by atoms with van der Waals surface area (Å²) in [7, 11) is 1.55. The molecule has 0 fully saturated rings. The second-order valence-electron chi connectivity index (χ2n) is 7.49. The lowest BCUT2D eigenvalue weighted by atomic mass is 9.95. The van der Waals surface area contributed by atoms with Gasteiger partial charge in [-0.15, -0.1) is 5.10 Å². The monoisotopic (exact) mass is 443 g/mol. The third kappa shape index (κ3) is 3.69. The third-order valence-corrected chi connectivity index (χ3v) is 5.40. The highest BCUT2D eigenvalue weighted by Crippen LogP contribution is 2.37. The zero-order valence-electron chi connectivity index (χ0n) is 17.9. The number of fused-ring (bicyclic) bond motifs is 1. The molecule has 4 aromatic rings. The number of carbonyl (C=O) groups excluding carboxylic acids is 1. The molecule has 2 aromatic carbocycles. The number of carbonyl (C=O) groups is 1. The highest BCUT2D eigenvalue weighted by Gasteiger charge is 2.35. The van der Waals surface area contributed by atoms with E-state index in [1.54, 1.807) is 66.6 Å². The second-order valence-corrected chi connectivity index (χ2v) is 7.49. The van der Waals surface area contributed by atoms with Crippen LogP contribution >= 0.6 is 0 Å². The predicted octanol–water partition coefficient (Wildman–Crippen LogP) is 4.18. The summed E-state index contributed by atoms with van der Waals surface area (Å²) < 4.78 is 12.5. The van der Waals surface area contributed by atoms with Gasteiger partial charge in [0.25, 0.3) is 5.91 Å². The van der Waals surface area contributed by atoms with Gasteiger partial charge in [0.1, 0.15) is 17.5 Å². The Morgan fingerprint density at radius 2 is 1.94 bits per heavy atom. The molecule has 1 atom stereocenters. The molecule has 1 aliphatic rings. The van der Waals surface area contributed by atoms with Gasteiger partial charge in [0, 0.05) is 5.70 Å².